The Bertz CT molecular complexity index is 165. The summed E-state index contributed by atoms with van der Waals surface area (Å²) in [4.78, 5) is 0. The molecule has 18 heavy (non-hydrogen) atoms. The van der Waals surface area contributed by atoms with Gasteiger partial charge in [0, 0.05) is 6.04 Å². The van der Waals surface area contributed by atoms with Crippen molar-refractivity contribution in [1.29, 1.82) is 0 Å². The number of unbranched alkanes of at least 4 members (excludes halogenated alkanes) is 1. The molecule has 1 nitrogen and oxygen atoms in total. The molecule has 0 fully saturated rings. The van der Waals surface area contributed by atoms with Crippen molar-refractivity contribution in [2.45, 2.75) is 92.0 Å². The van der Waals surface area contributed by atoms with Gasteiger partial charge in [0.2, 0.25) is 0 Å². The van der Waals surface area contributed by atoms with Crippen LogP contribution >= 0.6 is 0 Å². The first kappa shape index (κ1) is 18.0. The lowest BCUT2D eigenvalue weighted by Crippen LogP contribution is -2.32. The zero-order valence-electron chi connectivity index (χ0n) is 13.6. The fraction of sp³-hybridized carbons (Fsp3) is 1.00. The highest BCUT2D eigenvalue weighted by Gasteiger charge is 2.14. The van der Waals surface area contributed by atoms with Crippen LogP contribution in [0.5, 0.6) is 0 Å². The Kier molecular flexibility index (Phi) is 12.0. The van der Waals surface area contributed by atoms with Crippen molar-refractivity contribution in [2.24, 2.45) is 11.8 Å². The van der Waals surface area contributed by atoms with Crippen LogP contribution in [-0.4, -0.2) is 12.6 Å². The second-order valence-electron chi connectivity index (χ2n) is 6.27. The first-order chi connectivity index (χ1) is 8.63. The molecule has 110 valence electrons. The van der Waals surface area contributed by atoms with Crippen molar-refractivity contribution < 1.29 is 0 Å². The molecule has 1 heteroatoms. The molecule has 0 bridgehead atoms. The SMILES string of the molecule is CCCCC(CC)CC(CCC(C)C)NCCC. The zero-order valence-corrected chi connectivity index (χ0v) is 13.6. The Morgan fingerprint density at radius 2 is 1.61 bits per heavy atom. The average molecular weight is 255 g/mol. The predicted molar refractivity (Wildman–Crippen MR) is 84.1 cm³/mol. The van der Waals surface area contributed by atoms with E-state index in [2.05, 4.69) is 39.9 Å². The van der Waals surface area contributed by atoms with Gasteiger partial charge in [0.15, 0.2) is 0 Å². The van der Waals surface area contributed by atoms with Gasteiger partial charge in [-0.25, -0.2) is 0 Å². The van der Waals surface area contributed by atoms with E-state index in [0.29, 0.717) is 0 Å². The van der Waals surface area contributed by atoms with E-state index in [1.54, 1.807) is 0 Å². The van der Waals surface area contributed by atoms with Crippen LogP contribution in [0.1, 0.15) is 86.0 Å². The minimum atomic E-state index is 0.758. The number of nitrogens with one attached hydrogen (secondary N) is 1. The molecule has 0 aliphatic rings. The van der Waals surface area contributed by atoms with Crippen molar-refractivity contribution in [3.63, 3.8) is 0 Å². The summed E-state index contributed by atoms with van der Waals surface area (Å²) < 4.78 is 0. The van der Waals surface area contributed by atoms with Crippen molar-refractivity contribution in [3.05, 3.63) is 0 Å². The third-order valence-corrected chi connectivity index (χ3v) is 3.94. The van der Waals surface area contributed by atoms with Crippen LogP contribution in [0.25, 0.3) is 0 Å². The molecule has 0 aromatic heterocycles. The minimum absolute atomic E-state index is 0.758. The van der Waals surface area contributed by atoms with E-state index in [1.165, 1.54) is 57.9 Å². The largest absolute Gasteiger partial charge is 0.314 e. The topological polar surface area (TPSA) is 12.0 Å². The summed E-state index contributed by atoms with van der Waals surface area (Å²) in [5.74, 6) is 1.78. The van der Waals surface area contributed by atoms with Gasteiger partial charge < -0.3 is 5.32 Å². The smallest absolute Gasteiger partial charge is 0.00697 e. The maximum atomic E-state index is 3.77. The maximum absolute atomic E-state index is 3.77. The zero-order chi connectivity index (χ0) is 13.8. The lowest BCUT2D eigenvalue weighted by atomic mass is 9.89. The van der Waals surface area contributed by atoms with Crippen molar-refractivity contribution in [1.82, 2.24) is 5.32 Å². The lowest BCUT2D eigenvalue weighted by Gasteiger charge is -2.24. The number of hydrogen-bond donors (Lipinski definition) is 1. The van der Waals surface area contributed by atoms with Gasteiger partial charge in [0.05, 0.1) is 0 Å². The predicted octanol–water partition coefficient (Wildman–Crippen LogP) is 5.40. The minimum Gasteiger partial charge on any atom is -0.314 e. The van der Waals surface area contributed by atoms with Crippen LogP contribution in [-0.2, 0) is 0 Å². The highest BCUT2D eigenvalue weighted by molar-refractivity contribution is 4.72. The standard InChI is InChI=1S/C17H37N/c1-6-9-10-16(8-3)14-17(18-13-7-2)12-11-15(4)5/h15-18H,6-14H2,1-5H3. The second-order valence-corrected chi connectivity index (χ2v) is 6.27. The van der Waals surface area contributed by atoms with Crippen molar-refractivity contribution in [3.8, 4) is 0 Å². The summed E-state index contributed by atoms with van der Waals surface area (Å²) in [7, 11) is 0. The Labute approximate surface area is 116 Å². The third-order valence-electron chi connectivity index (χ3n) is 3.94. The maximum Gasteiger partial charge on any atom is 0.00697 e. The first-order valence-corrected chi connectivity index (χ1v) is 8.37. The Balaban J connectivity index is 4.07. The monoisotopic (exact) mass is 255 g/mol. The summed E-state index contributed by atoms with van der Waals surface area (Å²) >= 11 is 0. The summed E-state index contributed by atoms with van der Waals surface area (Å²) in [6.07, 6.45) is 10.9. The molecule has 0 aromatic carbocycles. The van der Waals surface area contributed by atoms with E-state index < -0.39 is 0 Å². The highest BCUT2D eigenvalue weighted by atomic mass is 14.9. The quantitative estimate of drug-likeness (QED) is 0.492. The van der Waals surface area contributed by atoms with Gasteiger partial charge in [0.25, 0.3) is 0 Å². The molecule has 0 aromatic rings. The Morgan fingerprint density at radius 1 is 0.889 bits per heavy atom. The van der Waals surface area contributed by atoms with Crippen molar-refractivity contribution >= 4 is 0 Å². The molecule has 0 aliphatic carbocycles. The third kappa shape index (κ3) is 9.94. The molecule has 0 heterocycles. The van der Waals surface area contributed by atoms with Gasteiger partial charge in [-0.15, -0.1) is 0 Å². The fourth-order valence-corrected chi connectivity index (χ4v) is 2.57. The van der Waals surface area contributed by atoms with Gasteiger partial charge >= 0.3 is 0 Å². The molecule has 0 aliphatic heterocycles. The van der Waals surface area contributed by atoms with E-state index in [-0.39, 0.29) is 0 Å². The van der Waals surface area contributed by atoms with Gasteiger partial charge in [0.1, 0.15) is 0 Å². The van der Waals surface area contributed by atoms with Crippen LogP contribution < -0.4 is 5.32 Å². The molecular formula is C17H37N. The average Bonchev–Trinajstić information content (AvgIpc) is 2.36. The molecule has 0 amide bonds. The molecule has 2 atom stereocenters. The normalized spacial score (nSPS) is 15.0. The molecule has 0 spiro atoms. The molecule has 2 unspecified atom stereocenters. The van der Waals surface area contributed by atoms with Crippen molar-refractivity contribution in [2.75, 3.05) is 6.54 Å². The number of hydrogen-bond acceptors (Lipinski definition) is 1. The number of rotatable bonds is 12. The lowest BCUT2D eigenvalue weighted by molar-refractivity contribution is 0.323. The summed E-state index contributed by atoms with van der Waals surface area (Å²) in [5.41, 5.74) is 0. The molecule has 0 saturated carbocycles. The fourth-order valence-electron chi connectivity index (χ4n) is 2.57. The van der Waals surface area contributed by atoms with Crippen LogP contribution in [0, 0.1) is 11.8 Å². The van der Waals surface area contributed by atoms with E-state index in [0.717, 1.165) is 17.9 Å². The Morgan fingerprint density at radius 3 is 2.11 bits per heavy atom. The van der Waals surface area contributed by atoms with Gasteiger partial charge in [-0.1, -0.05) is 60.3 Å². The molecule has 0 saturated heterocycles. The molecular weight excluding hydrogens is 218 g/mol. The van der Waals surface area contributed by atoms with Crippen LogP contribution in [0.2, 0.25) is 0 Å². The summed E-state index contributed by atoms with van der Waals surface area (Å²) in [6, 6.07) is 0.758. The van der Waals surface area contributed by atoms with Gasteiger partial charge in [-0.3, -0.25) is 0 Å². The molecule has 0 rings (SSSR count). The highest BCUT2D eigenvalue weighted by Crippen LogP contribution is 2.21. The van der Waals surface area contributed by atoms with Gasteiger partial charge in [-0.2, -0.15) is 0 Å². The van der Waals surface area contributed by atoms with E-state index in [1.807, 2.05) is 0 Å². The second kappa shape index (κ2) is 12.0. The summed E-state index contributed by atoms with van der Waals surface area (Å²) in [5, 5.41) is 3.77. The van der Waals surface area contributed by atoms with E-state index in [4.69, 9.17) is 0 Å². The van der Waals surface area contributed by atoms with E-state index >= 15 is 0 Å². The van der Waals surface area contributed by atoms with E-state index in [9.17, 15) is 0 Å². The van der Waals surface area contributed by atoms with Crippen LogP contribution in [0.15, 0.2) is 0 Å². The van der Waals surface area contributed by atoms with Crippen LogP contribution in [0.4, 0.5) is 0 Å². The van der Waals surface area contributed by atoms with Gasteiger partial charge in [-0.05, 0) is 44.1 Å². The molecule has 1 N–H and O–H groups in total. The Hall–Kier alpha value is -0.0400. The molecule has 0 radical (unpaired) electrons. The first-order valence-electron chi connectivity index (χ1n) is 8.37. The van der Waals surface area contributed by atoms with Crippen LogP contribution in [0.3, 0.4) is 0 Å². The summed E-state index contributed by atoms with van der Waals surface area (Å²) in [6.45, 7) is 12.8.